The van der Waals surface area contributed by atoms with Gasteiger partial charge in [0.05, 0.1) is 42.1 Å². The van der Waals surface area contributed by atoms with E-state index in [1.165, 1.54) is 0 Å². The van der Waals surface area contributed by atoms with Crippen LogP contribution >= 0.6 is 11.6 Å². The second kappa shape index (κ2) is 7.85. The van der Waals surface area contributed by atoms with Gasteiger partial charge in [0.1, 0.15) is 5.70 Å². The highest BCUT2D eigenvalue weighted by Gasteiger charge is 2.39. The van der Waals surface area contributed by atoms with E-state index < -0.39 is 51.8 Å². The van der Waals surface area contributed by atoms with Gasteiger partial charge in [0.15, 0.2) is 0 Å². The summed E-state index contributed by atoms with van der Waals surface area (Å²) in [6.07, 6.45) is -9.85. The number of hydrogen-bond acceptors (Lipinski definition) is 5. The molecule has 5 nitrogen and oxygen atoms in total. The second-order valence-corrected chi connectivity index (χ2v) is 4.96. The first kappa shape index (κ1) is 21.6. The average Bonchev–Trinajstić information content (AvgIpc) is 2.52. The van der Waals surface area contributed by atoms with E-state index in [0.29, 0.717) is 6.08 Å². The molecule has 0 radical (unpaired) electrons. The van der Waals surface area contributed by atoms with Crippen LogP contribution in [0, 0.1) is 0 Å². The van der Waals surface area contributed by atoms with Crippen LogP contribution in [0.4, 0.5) is 32.0 Å². The molecular formula is C14H10ClF6NO4. The summed E-state index contributed by atoms with van der Waals surface area (Å²) in [7, 11) is 1.82. The molecule has 0 bridgehead atoms. The van der Waals surface area contributed by atoms with Gasteiger partial charge in [-0.05, 0) is 12.1 Å². The van der Waals surface area contributed by atoms with Gasteiger partial charge in [-0.15, -0.1) is 0 Å². The average molecular weight is 406 g/mol. The molecule has 0 fully saturated rings. The van der Waals surface area contributed by atoms with Crippen LogP contribution in [-0.4, -0.2) is 26.2 Å². The third-order valence-corrected chi connectivity index (χ3v) is 3.25. The summed E-state index contributed by atoms with van der Waals surface area (Å²) in [6, 6.07) is 0.0843. The molecule has 144 valence electrons. The number of halogens is 7. The van der Waals surface area contributed by atoms with Gasteiger partial charge < -0.3 is 14.8 Å². The topological polar surface area (TPSA) is 64.6 Å². The quantitative estimate of drug-likeness (QED) is 0.466. The van der Waals surface area contributed by atoms with Gasteiger partial charge in [-0.2, -0.15) is 26.3 Å². The number of ether oxygens (including phenoxy) is 2. The number of carbonyl (C=O) groups excluding carboxylic acids is 2. The monoisotopic (exact) mass is 405 g/mol. The van der Waals surface area contributed by atoms with Gasteiger partial charge in [-0.25, -0.2) is 9.59 Å². The van der Waals surface area contributed by atoms with Crippen molar-refractivity contribution >= 4 is 29.2 Å². The standard InChI is InChI=1S/C14H10ClF6NO4/c1-25-10(23)5-9(12(24)26-2)22-8-4-6(13(16,17)18)3-7(11(8)15)14(19,20)21/h3-5,22H,1-2H3/b9-5+. The van der Waals surface area contributed by atoms with Crippen molar-refractivity contribution < 1.29 is 45.4 Å². The molecule has 0 aliphatic rings. The Kier molecular flexibility index (Phi) is 6.53. The number of rotatable bonds is 4. The first-order valence-corrected chi connectivity index (χ1v) is 6.82. The zero-order chi connectivity index (χ0) is 20.3. The number of nitrogens with one attached hydrogen (secondary N) is 1. The Balaban J connectivity index is 3.57. The van der Waals surface area contributed by atoms with Crippen molar-refractivity contribution in [1.29, 1.82) is 0 Å². The van der Waals surface area contributed by atoms with Crippen molar-refractivity contribution in [2.75, 3.05) is 19.5 Å². The van der Waals surface area contributed by atoms with E-state index in [-0.39, 0.29) is 12.1 Å². The Morgan fingerprint density at radius 3 is 2.04 bits per heavy atom. The Bertz CT molecular complexity index is 742. The molecule has 1 rings (SSSR count). The molecule has 1 N–H and O–H groups in total. The minimum Gasteiger partial charge on any atom is -0.466 e. The van der Waals surface area contributed by atoms with Gasteiger partial charge in [0.25, 0.3) is 0 Å². The Labute approximate surface area is 147 Å². The highest BCUT2D eigenvalue weighted by molar-refractivity contribution is 6.34. The third kappa shape index (κ3) is 5.28. The molecule has 1 aromatic carbocycles. The van der Waals surface area contributed by atoms with E-state index in [2.05, 4.69) is 9.47 Å². The van der Waals surface area contributed by atoms with Crippen LogP contribution in [0.5, 0.6) is 0 Å². The number of alkyl halides is 6. The predicted octanol–water partition coefficient (Wildman–Crippen LogP) is 4.02. The first-order valence-electron chi connectivity index (χ1n) is 6.44. The van der Waals surface area contributed by atoms with E-state index in [1.54, 1.807) is 0 Å². The fraction of sp³-hybridized carbons (Fsp3) is 0.286. The molecule has 12 heteroatoms. The van der Waals surface area contributed by atoms with Crippen molar-refractivity contribution in [3.05, 3.63) is 40.1 Å². The van der Waals surface area contributed by atoms with E-state index in [0.717, 1.165) is 14.2 Å². The number of carbonyl (C=O) groups is 2. The molecule has 0 atom stereocenters. The smallest absolute Gasteiger partial charge is 0.417 e. The Hall–Kier alpha value is -2.43. The molecule has 26 heavy (non-hydrogen) atoms. The lowest BCUT2D eigenvalue weighted by atomic mass is 10.1. The molecule has 0 saturated heterocycles. The third-order valence-electron chi connectivity index (χ3n) is 2.84. The molecule has 0 aliphatic heterocycles. The number of methoxy groups -OCH3 is 2. The van der Waals surface area contributed by atoms with Crippen LogP contribution in [-0.2, 0) is 31.4 Å². The largest absolute Gasteiger partial charge is 0.466 e. The number of esters is 2. The lowest BCUT2D eigenvalue weighted by Crippen LogP contribution is -2.18. The minimum atomic E-state index is -5.20. The molecular weight excluding hydrogens is 396 g/mol. The lowest BCUT2D eigenvalue weighted by Gasteiger charge is -2.18. The number of hydrogen-bond donors (Lipinski definition) is 1. The Morgan fingerprint density at radius 1 is 1.04 bits per heavy atom. The van der Waals surface area contributed by atoms with Crippen molar-refractivity contribution in [3.8, 4) is 0 Å². The maximum Gasteiger partial charge on any atom is 0.417 e. The van der Waals surface area contributed by atoms with Crippen LogP contribution in [0.2, 0.25) is 5.02 Å². The molecule has 0 aliphatic carbocycles. The van der Waals surface area contributed by atoms with E-state index >= 15 is 0 Å². The summed E-state index contributed by atoms with van der Waals surface area (Å²) >= 11 is 5.53. The lowest BCUT2D eigenvalue weighted by molar-refractivity contribution is -0.143. The summed E-state index contributed by atoms with van der Waals surface area (Å²) < 4.78 is 86.1. The van der Waals surface area contributed by atoms with Crippen LogP contribution in [0.25, 0.3) is 0 Å². The van der Waals surface area contributed by atoms with E-state index in [1.807, 2.05) is 5.32 Å². The molecule has 0 heterocycles. The van der Waals surface area contributed by atoms with Crippen LogP contribution in [0.1, 0.15) is 11.1 Å². The number of anilines is 1. The van der Waals surface area contributed by atoms with E-state index in [4.69, 9.17) is 11.6 Å². The van der Waals surface area contributed by atoms with Gasteiger partial charge in [-0.3, -0.25) is 0 Å². The minimum absolute atomic E-state index is 0.171. The van der Waals surface area contributed by atoms with Crippen LogP contribution in [0.15, 0.2) is 23.9 Å². The summed E-state index contributed by atoms with van der Waals surface area (Å²) in [5, 5.41) is 0.808. The van der Waals surface area contributed by atoms with Gasteiger partial charge in [0.2, 0.25) is 0 Å². The molecule has 0 aromatic heterocycles. The van der Waals surface area contributed by atoms with Gasteiger partial charge in [-0.1, -0.05) is 11.6 Å². The highest BCUT2D eigenvalue weighted by Crippen LogP contribution is 2.43. The number of benzene rings is 1. The second-order valence-electron chi connectivity index (χ2n) is 4.58. The van der Waals surface area contributed by atoms with Crippen molar-refractivity contribution in [1.82, 2.24) is 0 Å². The van der Waals surface area contributed by atoms with Crippen molar-refractivity contribution in [3.63, 3.8) is 0 Å². The van der Waals surface area contributed by atoms with Gasteiger partial charge >= 0.3 is 24.3 Å². The van der Waals surface area contributed by atoms with Crippen molar-refractivity contribution in [2.45, 2.75) is 12.4 Å². The van der Waals surface area contributed by atoms with Gasteiger partial charge in [0, 0.05) is 0 Å². The molecule has 1 aromatic rings. The fourth-order valence-electron chi connectivity index (χ4n) is 1.66. The summed E-state index contributed by atoms with van der Waals surface area (Å²) in [6.45, 7) is 0. The van der Waals surface area contributed by atoms with Crippen molar-refractivity contribution in [2.24, 2.45) is 0 Å². The maximum atomic E-state index is 13.0. The predicted molar refractivity (Wildman–Crippen MR) is 77.2 cm³/mol. The summed E-state index contributed by atoms with van der Waals surface area (Å²) in [5.41, 5.74) is -5.14. The SMILES string of the molecule is COC(=O)/C=C(/Nc1cc(C(F)(F)F)cc(C(F)(F)F)c1Cl)C(=O)OC. The summed E-state index contributed by atoms with van der Waals surface area (Å²) in [4.78, 5) is 22.8. The molecule has 0 spiro atoms. The highest BCUT2D eigenvalue weighted by atomic mass is 35.5. The van der Waals surface area contributed by atoms with Crippen LogP contribution in [0.3, 0.4) is 0 Å². The zero-order valence-electron chi connectivity index (χ0n) is 13.0. The zero-order valence-corrected chi connectivity index (χ0v) is 13.8. The first-order chi connectivity index (χ1) is 11.8. The fourth-order valence-corrected chi connectivity index (χ4v) is 1.93. The maximum absolute atomic E-state index is 13.0. The van der Waals surface area contributed by atoms with Crippen LogP contribution < -0.4 is 5.32 Å². The molecule has 0 saturated carbocycles. The molecule has 0 unspecified atom stereocenters. The summed E-state index contributed by atoms with van der Waals surface area (Å²) in [5.74, 6) is -2.37. The van der Waals surface area contributed by atoms with E-state index in [9.17, 15) is 35.9 Å². The normalized spacial score (nSPS) is 12.6. The Morgan fingerprint density at radius 2 is 1.62 bits per heavy atom. The molecule has 0 amide bonds.